The minimum Gasteiger partial charge on any atom is -0.443 e. The number of pyridine rings is 1. The highest BCUT2D eigenvalue weighted by Crippen LogP contribution is 2.15. The predicted molar refractivity (Wildman–Crippen MR) is 78.9 cm³/mol. The molecule has 106 valence electrons. The molecule has 3 aromatic rings. The molecule has 1 aromatic carbocycles. The molecule has 0 spiro atoms. The largest absolute Gasteiger partial charge is 0.443 e. The number of likely N-dealkylation sites (N-methyl/N-ethyl adjacent to an activating group) is 1. The summed E-state index contributed by atoms with van der Waals surface area (Å²) in [6.45, 7) is 0.652. The summed E-state index contributed by atoms with van der Waals surface area (Å²) in [4.78, 5) is 22.1. The lowest BCUT2D eigenvalue weighted by Gasteiger charge is -2.17. The molecule has 0 atom stereocenters. The Morgan fingerprint density at radius 3 is 2.86 bits per heavy atom. The zero-order chi connectivity index (χ0) is 14.7. The highest BCUT2D eigenvalue weighted by molar-refractivity contribution is 5.96. The van der Waals surface area contributed by atoms with E-state index in [4.69, 9.17) is 4.42 Å². The lowest BCUT2D eigenvalue weighted by molar-refractivity contribution is 0.0797. The summed E-state index contributed by atoms with van der Waals surface area (Å²) >= 11 is 0. The number of nitrogens with zero attached hydrogens (tertiary/aromatic N) is 3. The van der Waals surface area contributed by atoms with Crippen LogP contribution in [-0.4, -0.2) is 34.4 Å². The number of carbonyl (C=O) groups is 1. The number of hydrogen-bond donors (Lipinski definition) is 0. The van der Waals surface area contributed by atoms with Gasteiger partial charge in [0, 0.05) is 31.5 Å². The molecule has 1 amide bonds. The number of hydrogen-bond acceptors (Lipinski definition) is 4. The minimum atomic E-state index is -0.0195. The van der Waals surface area contributed by atoms with Gasteiger partial charge in [-0.2, -0.15) is 0 Å². The number of carbonyl (C=O) groups excluding carboxylic acids is 1. The number of oxazole rings is 1. The molecular weight excluding hydrogens is 266 g/mol. The highest BCUT2D eigenvalue weighted by atomic mass is 16.3. The van der Waals surface area contributed by atoms with E-state index < -0.39 is 0 Å². The zero-order valence-electron chi connectivity index (χ0n) is 11.7. The summed E-state index contributed by atoms with van der Waals surface area (Å²) in [5, 5.41) is 0. The Bertz CT molecular complexity index is 752. The Morgan fingerprint density at radius 2 is 2.05 bits per heavy atom. The third-order valence-corrected chi connectivity index (χ3v) is 3.41. The summed E-state index contributed by atoms with van der Waals surface area (Å²) in [5.41, 5.74) is 3.17. The van der Waals surface area contributed by atoms with E-state index in [9.17, 15) is 4.79 Å². The van der Waals surface area contributed by atoms with Crippen molar-refractivity contribution < 1.29 is 9.21 Å². The molecule has 0 radical (unpaired) electrons. The molecule has 2 heterocycles. The van der Waals surface area contributed by atoms with Gasteiger partial charge in [-0.05, 0) is 42.3 Å². The quantitative estimate of drug-likeness (QED) is 0.737. The topological polar surface area (TPSA) is 59.2 Å². The van der Waals surface area contributed by atoms with E-state index in [-0.39, 0.29) is 5.91 Å². The molecule has 0 aliphatic carbocycles. The lowest BCUT2D eigenvalue weighted by atomic mass is 10.1. The molecule has 5 nitrogen and oxygen atoms in total. The van der Waals surface area contributed by atoms with Crippen LogP contribution in [-0.2, 0) is 6.42 Å². The first-order valence-electron chi connectivity index (χ1n) is 6.71. The number of fused-ring (bicyclic) bond motifs is 1. The second-order valence-electron chi connectivity index (χ2n) is 4.87. The standard InChI is InChI=1S/C16H15N3O2/c1-19(9-6-12-4-7-17-8-5-12)16(20)13-2-3-15-14(10-13)18-11-21-15/h2-5,7-8,10-11H,6,9H2,1H3. The van der Waals surface area contributed by atoms with Crippen LogP contribution in [0.25, 0.3) is 11.1 Å². The molecule has 3 rings (SSSR count). The molecule has 0 aliphatic heterocycles. The Labute approximate surface area is 122 Å². The molecule has 0 aliphatic rings. The fourth-order valence-corrected chi connectivity index (χ4v) is 2.16. The van der Waals surface area contributed by atoms with E-state index in [0.29, 0.717) is 23.2 Å². The first-order valence-corrected chi connectivity index (χ1v) is 6.71. The predicted octanol–water partition coefficient (Wildman–Crippen LogP) is 2.54. The van der Waals surface area contributed by atoms with Gasteiger partial charge in [0.2, 0.25) is 0 Å². The maximum atomic E-state index is 12.4. The fraction of sp³-hybridized carbons (Fsp3) is 0.188. The molecule has 21 heavy (non-hydrogen) atoms. The Kier molecular flexibility index (Phi) is 3.64. The van der Waals surface area contributed by atoms with Crippen LogP contribution >= 0.6 is 0 Å². The molecule has 0 fully saturated rings. The first kappa shape index (κ1) is 13.3. The maximum Gasteiger partial charge on any atom is 0.253 e. The van der Waals surface area contributed by atoms with Crippen molar-refractivity contribution in [3.8, 4) is 0 Å². The van der Waals surface area contributed by atoms with Gasteiger partial charge in [0.05, 0.1) is 0 Å². The maximum absolute atomic E-state index is 12.4. The van der Waals surface area contributed by atoms with Crippen LogP contribution in [0.1, 0.15) is 15.9 Å². The molecule has 0 N–H and O–H groups in total. The monoisotopic (exact) mass is 281 g/mol. The van der Waals surface area contributed by atoms with Gasteiger partial charge in [0.1, 0.15) is 5.52 Å². The summed E-state index contributed by atoms with van der Waals surface area (Å²) in [6.07, 6.45) is 5.70. The van der Waals surface area contributed by atoms with Crippen molar-refractivity contribution in [2.75, 3.05) is 13.6 Å². The normalized spacial score (nSPS) is 10.7. The number of amides is 1. The second kappa shape index (κ2) is 5.75. The summed E-state index contributed by atoms with van der Waals surface area (Å²) in [7, 11) is 1.80. The van der Waals surface area contributed by atoms with Gasteiger partial charge in [0.25, 0.3) is 5.91 Å². The average Bonchev–Trinajstić information content (AvgIpc) is 3.00. The minimum absolute atomic E-state index is 0.0195. The van der Waals surface area contributed by atoms with Crippen LogP contribution < -0.4 is 0 Å². The van der Waals surface area contributed by atoms with Crippen LogP contribution in [0.2, 0.25) is 0 Å². The number of aromatic nitrogens is 2. The third-order valence-electron chi connectivity index (χ3n) is 3.41. The Balaban J connectivity index is 1.69. The van der Waals surface area contributed by atoms with Crippen molar-refractivity contribution in [3.05, 3.63) is 60.2 Å². The van der Waals surface area contributed by atoms with E-state index in [2.05, 4.69) is 9.97 Å². The zero-order valence-corrected chi connectivity index (χ0v) is 11.7. The lowest BCUT2D eigenvalue weighted by Crippen LogP contribution is -2.28. The molecular formula is C16H15N3O2. The van der Waals surface area contributed by atoms with Crippen LogP contribution in [0.15, 0.2) is 53.5 Å². The van der Waals surface area contributed by atoms with E-state index >= 15 is 0 Å². The summed E-state index contributed by atoms with van der Waals surface area (Å²) < 4.78 is 5.18. The molecule has 2 aromatic heterocycles. The van der Waals surface area contributed by atoms with E-state index in [1.54, 1.807) is 42.5 Å². The van der Waals surface area contributed by atoms with Crippen molar-refractivity contribution in [2.45, 2.75) is 6.42 Å². The second-order valence-corrected chi connectivity index (χ2v) is 4.87. The van der Waals surface area contributed by atoms with E-state index in [1.807, 2.05) is 12.1 Å². The molecule has 0 bridgehead atoms. The number of benzene rings is 1. The van der Waals surface area contributed by atoms with Crippen molar-refractivity contribution in [3.63, 3.8) is 0 Å². The van der Waals surface area contributed by atoms with Gasteiger partial charge < -0.3 is 9.32 Å². The van der Waals surface area contributed by atoms with Crippen LogP contribution in [0.5, 0.6) is 0 Å². The summed E-state index contributed by atoms with van der Waals surface area (Å²) in [6, 6.07) is 9.20. The van der Waals surface area contributed by atoms with E-state index in [1.165, 1.54) is 6.39 Å². The SMILES string of the molecule is CN(CCc1ccncc1)C(=O)c1ccc2ocnc2c1. The smallest absolute Gasteiger partial charge is 0.253 e. The molecule has 0 unspecified atom stereocenters. The highest BCUT2D eigenvalue weighted by Gasteiger charge is 2.13. The third kappa shape index (κ3) is 2.91. The fourth-order valence-electron chi connectivity index (χ4n) is 2.16. The van der Waals surface area contributed by atoms with Crippen LogP contribution in [0.3, 0.4) is 0 Å². The Morgan fingerprint density at radius 1 is 1.24 bits per heavy atom. The molecule has 0 saturated heterocycles. The molecule has 0 saturated carbocycles. The van der Waals surface area contributed by atoms with Gasteiger partial charge in [-0.25, -0.2) is 4.98 Å². The van der Waals surface area contributed by atoms with Crippen molar-refractivity contribution in [2.24, 2.45) is 0 Å². The van der Waals surface area contributed by atoms with Crippen molar-refractivity contribution >= 4 is 17.0 Å². The number of rotatable bonds is 4. The first-order chi connectivity index (χ1) is 10.2. The Hall–Kier alpha value is -2.69. The van der Waals surface area contributed by atoms with E-state index in [0.717, 1.165) is 12.0 Å². The van der Waals surface area contributed by atoms with Crippen molar-refractivity contribution in [1.82, 2.24) is 14.9 Å². The average molecular weight is 281 g/mol. The van der Waals surface area contributed by atoms with Gasteiger partial charge in [-0.1, -0.05) is 0 Å². The van der Waals surface area contributed by atoms with Gasteiger partial charge >= 0.3 is 0 Å². The molecule has 5 heteroatoms. The van der Waals surface area contributed by atoms with Gasteiger partial charge in [-0.15, -0.1) is 0 Å². The van der Waals surface area contributed by atoms with Gasteiger partial charge in [-0.3, -0.25) is 9.78 Å². The van der Waals surface area contributed by atoms with Crippen LogP contribution in [0, 0.1) is 0 Å². The summed E-state index contributed by atoms with van der Waals surface area (Å²) in [5.74, 6) is -0.0195. The van der Waals surface area contributed by atoms with Gasteiger partial charge in [0.15, 0.2) is 12.0 Å². The van der Waals surface area contributed by atoms with Crippen LogP contribution in [0.4, 0.5) is 0 Å². The van der Waals surface area contributed by atoms with Crippen molar-refractivity contribution in [1.29, 1.82) is 0 Å².